The standard InChI is InChI=1S/C21H18BrNO3S2/c1-4-5-14-10-13(11-17(25-2)19(14)26-3)12-18-20(24)23(21(27)28-18)16-8-6-15(22)7-9-16/h4,6-12H,1,5H2,2-3H3/b18-12-. The first-order valence-electron chi connectivity index (χ1n) is 8.37. The second-order valence-electron chi connectivity index (χ2n) is 5.90. The molecular formula is C21H18BrNO3S2. The molecule has 2 aromatic carbocycles. The van der Waals surface area contributed by atoms with Crippen LogP contribution in [0.5, 0.6) is 11.5 Å². The lowest BCUT2D eigenvalue weighted by molar-refractivity contribution is -0.113. The number of rotatable bonds is 6. The van der Waals surface area contributed by atoms with E-state index in [4.69, 9.17) is 21.7 Å². The number of nitrogens with zero attached hydrogens (tertiary/aromatic N) is 1. The Morgan fingerprint density at radius 1 is 1.21 bits per heavy atom. The van der Waals surface area contributed by atoms with Crippen molar-refractivity contribution in [2.24, 2.45) is 0 Å². The third-order valence-corrected chi connectivity index (χ3v) is 5.95. The van der Waals surface area contributed by atoms with E-state index in [1.54, 1.807) is 25.2 Å². The number of hydrogen-bond acceptors (Lipinski definition) is 5. The van der Waals surface area contributed by atoms with Crippen LogP contribution in [0.15, 0.2) is 58.4 Å². The molecule has 0 aliphatic carbocycles. The van der Waals surface area contributed by atoms with Gasteiger partial charge in [0.05, 0.1) is 24.8 Å². The second kappa shape index (κ2) is 8.94. The molecule has 2 aromatic rings. The SMILES string of the molecule is C=CCc1cc(/C=C2\SC(=S)N(c3ccc(Br)cc3)C2=O)cc(OC)c1OC. The van der Waals surface area contributed by atoms with Gasteiger partial charge in [0.2, 0.25) is 0 Å². The van der Waals surface area contributed by atoms with Crippen molar-refractivity contribution < 1.29 is 14.3 Å². The number of benzene rings is 2. The Morgan fingerprint density at radius 2 is 1.93 bits per heavy atom. The largest absolute Gasteiger partial charge is 0.493 e. The highest BCUT2D eigenvalue weighted by molar-refractivity contribution is 9.10. The number of methoxy groups -OCH3 is 2. The van der Waals surface area contributed by atoms with Crippen LogP contribution in [0.3, 0.4) is 0 Å². The molecule has 1 heterocycles. The maximum atomic E-state index is 13.0. The second-order valence-corrected chi connectivity index (χ2v) is 8.49. The molecule has 0 atom stereocenters. The number of carbonyl (C=O) groups is 1. The van der Waals surface area contributed by atoms with Gasteiger partial charge in [-0.05, 0) is 54.5 Å². The van der Waals surface area contributed by atoms with Gasteiger partial charge in [0.1, 0.15) is 0 Å². The molecule has 0 radical (unpaired) electrons. The lowest BCUT2D eigenvalue weighted by atomic mass is 10.0. The molecule has 3 rings (SSSR count). The molecule has 1 aliphatic rings. The van der Waals surface area contributed by atoms with Crippen molar-refractivity contribution >= 4 is 61.9 Å². The average molecular weight is 476 g/mol. The molecule has 1 aliphatic heterocycles. The fraction of sp³-hybridized carbons (Fsp3) is 0.143. The summed E-state index contributed by atoms with van der Waals surface area (Å²) in [5.74, 6) is 1.14. The van der Waals surface area contributed by atoms with Crippen LogP contribution in [0.2, 0.25) is 0 Å². The van der Waals surface area contributed by atoms with Gasteiger partial charge in [0.25, 0.3) is 5.91 Å². The van der Waals surface area contributed by atoms with Crippen LogP contribution in [-0.2, 0) is 11.2 Å². The van der Waals surface area contributed by atoms with E-state index in [1.165, 1.54) is 11.8 Å². The van der Waals surface area contributed by atoms with Crippen LogP contribution in [0.4, 0.5) is 5.69 Å². The summed E-state index contributed by atoms with van der Waals surface area (Å²) >= 11 is 10.1. The van der Waals surface area contributed by atoms with E-state index in [0.717, 1.165) is 21.3 Å². The van der Waals surface area contributed by atoms with E-state index in [2.05, 4.69) is 22.5 Å². The third-order valence-electron chi connectivity index (χ3n) is 4.12. The van der Waals surface area contributed by atoms with E-state index in [0.29, 0.717) is 27.1 Å². The molecule has 7 heteroatoms. The molecule has 0 unspecified atom stereocenters. The summed E-state index contributed by atoms with van der Waals surface area (Å²) in [6, 6.07) is 11.3. The number of halogens is 1. The molecule has 1 fully saturated rings. The van der Waals surface area contributed by atoms with Gasteiger partial charge in [-0.15, -0.1) is 6.58 Å². The van der Waals surface area contributed by atoms with Crippen LogP contribution in [0.1, 0.15) is 11.1 Å². The number of carbonyl (C=O) groups excluding carboxylic acids is 1. The van der Waals surface area contributed by atoms with Crippen LogP contribution < -0.4 is 14.4 Å². The van der Waals surface area contributed by atoms with Gasteiger partial charge in [-0.3, -0.25) is 9.69 Å². The maximum absolute atomic E-state index is 13.0. The molecule has 0 aromatic heterocycles. The summed E-state index contributed by atoms with van der Waals surface area (Å²) in [6.07, 6.45) is 4.25. The Bertz CT molecular complexity index is 970. The lowest BCUT2D eigenvalue weighted by Gasteiger charge is -2.14. The number of amides is 1. The summed E-state index contributed by atoms with van der Waals surface area (Å²) in [5, 5.41) is 0. The summed E-state index contributed by atoms with van der Waals surface area (Å²) < 4.78 is 12.4. The number of hydrogen-bond donors (Lipinski definition) is 0. The zero-order chi connectivity index (χ0) is 20.3. The van der Waals surface area contributed by atoms with Gasteiger partial charge in [-0.1, -0.05) is 46.0 Å². The van der Waals surface area contributed by atoms with Gasteiger partial charge < -0.3 is 9.47 Å². The summed E-state index contributed by atoms with van der Waals surface area (Å²) in [5.41, 5.74) is 2.52. The highest BCUT2D eigenvalue weighted by atomic mass is 79.9. The first-order valence-corrected chi connectivity index (χ1v) is 10.4. The van der Waals surface area contributed by atoms with Crippen molar-refractivity contribution in [1.82, 2.24) is 0 Å². The normalized spacial score (nSPS) is 15.2. The smallest absolute Gasteiger partial charge is 0.270 e. The van der Waals surface area contributed by atoms with Gasteiger partial charge in [0.15, 0.2) is 15.8 Å². The van der Waals surface area contributed by atoms with Crippen molar-refractivity contribution in [3.63, 3.8) is 0 Å². The Morgan fingerprint density at radius 3 is 2.54 bits per heavy atom. The van der Waals surface area contributed by atoms with Crippen LogP contribution >= 0.6 is 39.9 Å². The van der Waals surface area contributed by atoms with Crippen molar-refractivity contribution in [3.05, 3.63) is 69.6 Å². The monoisotopic (exact) mass is 475 g/mol. The predicted molar refractivity (Wildman–Crippen MR) is 123 cm³/mol. The van der Waals surface area contributed by atoms with Crippen LogP contribution in [-0.4, -0.2) is 24.4 Å². The summed E-state index contributed by atoms with van der Waals surface area (Å²) in [4.78, 5) is 15.1. The number of ether oxygens (including phenoxy) is 2. The quantitative estimate of drug-likeness (QED) is 0.308. The van der Waals surface area contributed by atoms with Gasteiger partial charge in [-0.25, -0.2) is 0 Å². The number of thioether (sulfide) groups is 1. The minimum Gasteiger partial charge on any atom is -0.493 e. The number of thiocarbonyl (C=S) groups is 1. The average Bonchev–Trinajstić information content (AvgIpc) is 2.95. The van der Waals surface area contributed by atoms with E-state index >= 15 is 0 Å². The Kier molecular flexibility index (Phi) is 6.59. The maximum Gasteiger partial charge on any atom is 0.270 e. The van der Waals surface area contributed by atoms with Crippen molar-refractivity contribution in [3.8, 4) is 11.5 Å². The highest BCUT2D eigenvalue weighted by Gasteiger charge is 2.33. The number of anilines is 1. The summed E-state index contributed by atoms with van der Waals surface area (Å²) in [7, 11) is 3.19. The van der Waals surface area contributed by atoms with Crippen LogP contribution in [0.25, 0.3) is 6.08 Å². The lowest BCUT2D eigenvalue weighted by Crippen LogP contribution is -2.27. The molecule has 28 heavy (non-hydrogen) atoms. The molecule has 144 valence electrons. The molecule has 1 saturated heterocycles. The van der Waals surface area contributed by atoms with Crippen molar-refractivity contribution in [1.29, 1.82) is 0 Å². The fourth-order valence-corrected chi connectivity index (χ4v) is 4.45. The van der Waals surface area contributed by atoms with Gasteiger partial charge >= 0.3 is 0 Å². The minimum atomic E-state index is -0.141. The molecule has 1 amide bonds. The zero-order valence-corrected chi connectivity index (χ0v) is 18.6. The fourth-order valence-electron chi connectivity index (χ4n) is 2.89. The summed E-state index contributed by atoms with van der Waals surface area (Å²) in [6.45, 7) is 3.79. The van der Waals surface area contributed by atoms with E-state index in [1.807, 2.05) is 42.5 Å². The highest BCUT2D eigenvalue weighted by Crippen LogP contribution is 2.38. The Balaban J connectivity index is 1.98. The molecule has 0 saturated carbocycles. The third kappa shape index (κ3) is 4.16. The Hall–Kier alpha value is -2.09. The molecule has 0 spiro atoms. The molecule has 4 nitrogen and oxygen atoms in total. The Labute approximate surface area is 182 Å². The van der Waals surface area contributed by atoms with Gasteiger partial charge in [-0.2, -0.15) is 0 Å². The molecule has 0 N–H and O–H groups in total. The minimum absolute atomic E-state index is 0.141. The zero-order valence-electron chi connectivity index (χ0n) is 15.4. The van der Waals surface area contributed by atoms with Crippen molar-refractivity contribution in [2.45, 2.75) is 6.42 Å². The topological polar surface area (TPSA) is 38.8 Å². The van der Waals surface area contributed by atoms with Crippen molar-refractivity contribution in [2.75, 3.05) is 19.1 Å². The van der Waals surface area contributed by atoms with E-state index in [9.17, 15) is 4.79 Å². The van der Waals surface area contributed by atoms with E-state index < -0.39 is 0 Å². The first kappa shape index (κ1) is 20.6. The predicted octanol–water partition coefficient (Wildman–Crippen LogP) is 5.60. The van der Waals surface area contributed by atoms with E-state index in [-0.39, 0.29) is 5.91 Å². The molecule has 0 bridgehead atoms. The number of allylic oxidation sites excluding steroid dienone is 1. The van der Waals surface area contributed by atoms with Crippen LogP contribution in [0, 0.1) is 0 Å². The van der Waals surface area contributed by atoms with Gasteiger partial charge in [0, 0.05) is 10.0 Å². The first-order chi connectivity index (χ1) is 13.5. The molecular weight excluding hydrogens is 458 g/mol.